The van der Waals surface area contributed by atoms with Gasteiger partial charge in [-0.25, -0.2) is 0 Å². The molecule has 722 valence electrons. The molecule has 0 aromatic heterocycles. The Morgan fingerprint density at radius 1 is 0.127 bits per heavy atom. The number of nitrogens with zero attached hydrogens (tertiary/aromatic N) is 6. The molecule has 150 heavy (non-hydrogen) atoms. The summed E-state index contributed by atoms with van der Waals surface area (Å²) < 4.78 is 0. The number of fused-ring (bicyclic) bond motifs is 9. The van der Waals surface area contributed by atoms with Crippen LogP contribution in [0.15, 0.2) is 534 Å². The van der Waals surface area contributed by atoms with Crippen LogP contribution >= 0.6 is 0 Å². The molecule has 0 spiro atoms. The van der Waals surface area contributed by atoms with Crippen molar-refractivity contribution in [1.82, 2.24) is 0 Å². The molecular formula is C144H116N6. The van der Waals surface area contributed by atoms with Crippen LogP contribution in [0.3, 0.4) is 0 Å². The summed E-state index contributed by atoms with van der Waals surface area (Å²) in [7, 11) is 0. The third kappa shape index (κ3) is 20.3. The third-order valence-electron chi connectivity index (χ3n) is 29.1. The predicted molar refractivity (Wildman–Crippen MR) is 647 cm³/mol. The first kappa shape index (κ1) is 95.9. The Bertz CT molecular complexity index is 8430. The van der Waals surface area contributed by atoms with Crippen molar-refractivity contribution in [3.63, 3.8) is 0 Å². The topological polar surface area (TPSA) is 19.4 Å². The Kier molecular flexibility index (Phi) is 27.9. The Balaban J connectivity index is 0.000000128. The monoisotopic (exact) mass is 1930 g/mol. The van der Waals surface area contributed by atoms with Crippen LogP contribution in [0.25, 0.3) is 100 Å². The van der Waals surface area contributed by atoms with Crippen LogP contribution in [0.4, 0.5) is 102 Å². The summed E-state index contributed by atoms with van der Waals surface area (Å²) in [6.45, 7) is 17.6. The molecule has 0 bridgehead atoms. The zero-order valence-corrected chi connectivity index (χ0v) is 85.8. The van der Waals surface area contributed by atoms with Crippen LogP contribution in [-0.2, 0) is 0 Å². The van der Waals surface area contributed by atoms with Crippen LogP contribution in [0, 0.1) is 55.4 Å². The van der Waals surface area contributed by atoms with Crippen LogP contribution in [0.2, 0.25) is 0 Å². The third-order valence-corrected chi connectivity index (χ3v) is 29.1. The zero-order chi connectivity index (χ0) is 102. The fraction of sp³-hybridized carbons (Fsp3) is 0.0556. The van der Waals surface area contributed by atoms with E-state index in [4.69, 9.17) is 0 Å². The summed E-state index contributed by atoms with van der Waals surface area (Å²) in [6, 6.07) is 192. The van der Waals surface area contributed by atoms with Crippen LogP contribution in [-0.4, -0.2) is 0 Å². The van der Waals surface area contributed by atoms with E-state index in [1.165, 1.54) is 148 Å². The lowest BCUT2D eigenvalue weighted by molar-refractivity contribution is 1.24. The molecule has 0 heterocycles. The second-order valence-corrected chi connectivity index (χ2v) is 38.8. The Morgan fingerprint density at radius 2 is 0.360 bits per heavy atom. The Labute approximate surface area is 881 Å². The molecule has 0 fully saturated rings. The number of anilines is 18. The van der Waals surface area contributed by atoms with Gasteiger partial charge in [-0.05, 0) is 365 Å². The summed E-state index contributed by atoms with van der Waals surface area (Å²) >= 11 is 0. The molecule has 6 nitrogen and oxygen atoms in total. The highest BCUT2D eigenvalue weighted by atomic mass is 15.2. The van der Waals surface area contributed by atoms with Crippen molar-refractivity contribution >= 4 is 191 Å². The normalized spacial score (nSPS) is 11.3. The highest BCUT2D eigenvalue weighted by Gasteiger charge is 2.27. The predicted octanol–water partition coefficient (Wildman–Crippen LogP) is 41.3. The molecule has 0 radical (unpaired) electrons. The fourth-order valence-electron chi connectivity index (χ4n) is 20.7. The summed E-state index contributed by atoms with van der Waals surface area (Å²) in [4.78, 5) is 14.3. The van der Waals surface area contributed by atoms with E-state index in [1.807, 2.05) is 12.1 Å². The lowest BCUT2D eigenvalue weighted by Crippen LogP contribution is -2.12. The molecule has 24 aromatic carbocycles. The minimum atomic E-state index is 1.10. The zero-order valence-electron chi connectivity index (χ0n) is 85.8. The molecule has 0 N–H and O–H groups in total. The standard InChI is InChI=1S/C52H40N2.C50H46N2.C42H30N2/c1-5-13-41(14-6-1)21-23-43-25-33-49(34-26-43)53(47-17-9-3-10-18-47)51-37-29-45(30-38-51)46-31-39-52(40-32-46)54(48-19-11-4-12-20-48)50-35-27-44(28-36-50)24-22-42-15-7-2-8-16-42;1-31-17-21-39(25-35(31)5)51(40-22-18-32(2)36(6)26-40)49-29-47-44-14-10-12-16-46(44)50(30-48(47)43-13-9-11-15-45(43)49)52(41-23-19-33(3)37(7)27-41)42-24-20-34(4)38(8)28-42;1-5-17-32(18-6-1)43(33-19-7-2-8-20-33)41-27-15-26-37-38(41)28-29-39-40(37)30-31-16-13-14-25-36(31)42(39)44(34-21-9-3-10-22-34)35-23-11-4-12-24-35/h1-40H;9-30H,1-8H3;1-30H/b23-21+,24-22+;;. The van der Waals surface area contributed by atoms with E-state index in [2.05, 4.69) is 631 Å². The summed E-state index contributed by atoms with van der Waals surface area (Å²) in [5.41, 5.74) is 37.8. The molecule has 0 amide bonds. The Hall–Kier alpha value is -18.9. The van der Waals surface area contributed by atoms with Gasteiger partial charge < -0.3 is 29.4 Å². The highest BCUT2D eigenvalue weighted by Crippen LogP contribution is 2.52. The maximum absolute atomic E-state index is 2.46. The molecule has 0 aliphatic carbocycles. The first-order valence-electron chi connectivity index (χ1n) is 51.7. The van der Waals surface area contributed by atoms with E-state index in [9.17, 15) is 0 Å². The number of hydrogen-bond acceptors (Lipinski definition) is 6. The van der Waals surface area contributed by atoms with Crippen molar-refractivity contribution in [2.24, 2.45) is 0 Å². The van der Waals surface area contributed by atoms with Gasteiger partial charge in [0, 0.05) is 107 Å². The van der Waals surface area contributed by atoms with E-state index < -0.39 is 0 Å². The van der Waals surface area contributed by atoms with Crippen LogP contribution in [0.1, 0.15) is 66.8 Å². The second-order valence-electron chi connectivity index (χ2n) is 38.8. The number of para-hydroxylation sites is 6. The van der Waals surface area contributed by atoms with E-state index in [1.54, 1.807) is 0 Å². The average Bonchev–Trinajstić information content (AvgIpc) is 0.724. The number of rotatable bonds is 23. The van der Waals surface area contributed by atoms with Crippen molar-refractivity contribution in [3.05, 3.63) is 601 Å². The van der Waals surface area contributed by atoms with Crippen molar-refractivity contribution in [3.8, 4) is 11.1 Å². The molecule has 24 aromatic rings. The molecule has 24 rings (SSSR count). The summed E-state index contributed by atoms with van der Waals surface area (Å²) in [5, 5.41) is 14.7. The van der Waals surface area contributed by atoms with Gasteiger partial charge >= 0.3 is 0 Å². The summed E-state index contributed by atoms with van der Waals surface area (Å²) in [6.07, 6.45) is 8.62. The molecule has 0 saturated carbocycles. The van der Waals surface area contributed by atoms with Gasteiger partial charge in [-0.2, -0.15) is 0 Å². The molecule has 0 aliphatic rings. The molecule has 0 atom stereocenters. The maximum atomic E-state index is 2.46. The first-order valence-corrected chi connectivity index (χ1v) is 51.7. The maximum Gasteiger partial charge on any atom is 0.0618 e. The fourth-order valence-corrected chi connectivity index (χ4v) is 20.7. The van der Waals surface area contributed by atoms with Gasteiger partial charge in [0.1, 0.15) is 0 Å². The van der Waals surface area contributed by atoms with E-state index in [0.29, 0.717) is 0 Å². The molecule has 0 saturated heterocycles. The van der Waals surface area contributed by atoms with Gasteiger partial charge in [0.25, 0.3) is 0 Å². The molecule has 0 aliphatic heterocycles. The van der Waals surface area contributed by atoms with Crippen LogP contribution < -0.4 is 29.4 Å². The lowest BCUT2D eigenvalue weighted by Gasteiger charge is -2.30. The lowest BCUT2D eigenvalue weighted by atomic mass is 9.93. The van der Waals surface area contributed by atoms with Gasteiger partial charge in [0.15, 0.2) is 0 Å². The highest BCUT2D eigenvalue weighted by molar-refractivity contribution is 6.26. The van der Waals surface area contributed by atoms with Gasteiger partial charge in [-0.1, -0.05) is 364 Å². The van der Waals surface area contributed by atoms with E-state index in [0.717, 1.165) is 96.4 Å². The van der Waals surface area contributed by atoms with Crippen molar-refractivity contribution in [2.75, 3.05) is 29.4 Å². The average molecular weight is 1930 g/mol. The van der Waals surface area contributed by atoms with Gasteiger partial charge in [-0.15, -0.1) is 0 Å². The molecule has 6 heteroatoms. The van der Waals surface area contributed by atoms with Gasteiger partial charge in [-0.3, -0.25) is 0 Å². The minimum Gasteiger partial charge on any atom is -0.311 e. The van der Waals surface area contributed by atoms with Crippen LogP contribution in [0.5, 0.6) is 0 Å². The Morgan fingerprint density at radius 3 is 0.693 bits per heavy atom. The SMILES string of the molecule is C(=C\c1ccc(N(c2ccccc2)c2ccc(-c3ccc(N(c4ccccc4)c4ccc(/C=C/c5ccccc5)cc4)cc3)cc2)cc1)/c1ccccc1.Cc1ccc(N(c2ccc(C)c(C)c2)c2cc3c4ccccc4c(N(c4ccc(C)c(C)c4)c4ccc(C)c(C)c4)cc3c3ccccc23)cc1C.c1ccc(N(c2ccccc2)c2cccc3c2ccc2c(N(c4ccccc4)c4ccccc4)c4ccccc4cc23)cc1. The van der Waals surface area contributed by atoms with Gasteiger partial charge in [0.05, 0.1) is 22.7 Å². The number of aryl methyl sites for hydroxylation is 8. The summed E-state index contributed by atoms with van der Waals surface area (Å²) in [5.74, 6) is 0. The second kappa shape index (κ2) is 43.6. The van der Waals surface area contributed by atoms with Crippen molar-refractivity contribution < 1.29 is 0 Å². The van der Waals surface area contributed by atoms with Gasteiger partial charge in [0.2, 0.25) is 0 Å². The smallest absolute Gasteiger partial charge is 0.0618 e. The van der Waals surface area contributed by atoms with Crippen molar-refractivity contribution in [2.45, 2.75) is 55.4 Å². The number of benzene rings is 24. The first-order chi connectivity index (χ1) is 73.7. The van der Waals surface area contributed by atoms with E-state index >= 15 is 0 Å². The minimum absolute atomic E-state index is 1.10. The largest absolute Gasteiger partial charge is 0.311 e. The van der Waals surface area contributed by atoms with E-state index in [-0.39, 0.29) is 0 Å². The van der Waals surface area contributed by atoms with Crippen molar-refractivity contribution in [1.29, 1.82) is 0 Å². The number of hydrogen-bond donors (Lipinski definition) is 0. The molecular weight excluding hydrogens is 1810 g/mol. The molecule has 0 unspecified atom stereocenters. The quantitative estimate of drug-likeness (QED) is 0.0359.